The Labute approximate surface area is 136 Å². The van der Waals surface area contributed by atoms with Gasteiger partial charge in [-0.25, -0.2) is 0 Å². The van der Waals surface area contributed by atoms with Crippen molar-refractivity contribution in [2.75, 3.05) is 5.73 Å². The average Bonchev–Trinajstić information content (AvgIpc) is 2.59. The standard InChI is InChI=1S/C19H12N2O3/c20-16-4-2-1-3-13(16)19-14-7-5-11(21-23)9-17(14)24-18-10-12(22)6-8-15(18)19/h1-10H,20H2. The molecule has 1 aliphatic heterocycles. The molecule has 0 amide bonds. The maximum absolute atomic E-state index is 11.7. The summed E-state index contributed by atoms with van der Waals surface area (Å²) in [5.74, 6) is 0.441. The van der Waals surface area contributed by atoms with E-state index >= 15 is 0 Å². The molecule has 4 rings (SSSR count). The van der Waals surface area contributed by atoms with E-state index < -0.39 is 0 Å². The van der Waals surface area contributed by atoms with Crippen molar-refractivity contribution in [3.8, 4) is 22.5 Å². The van der Waals surface area contributed by atoms with Crippen LogP contribution in [-0.4, -0.2) is 0 Å². The summed E-state index contributed by atoms with van der Waals surface area (Å²) in [5, 5.41) is 3.74. The Morgan fingerprint density at radius 3 is 2.54 bits per heavy atom. The molecule has 0 unspecified atom stereocenters. The van der Waals surface area contributed by atoms with Gasteiger partial charge in [-0.05, 0) is 35.5 Å². The van der Waals surface area contributed by atoms with Crippen molar-refractivity contribution in [3.63, 3.8) is 0 Å². The predicted octanol–water partition coefficient (Wildman–Crippen LogP) is 4.54. The summed E-state index contributed by atoms with van der Waals surface area (Å²) < 4.78 is 5.83. The molecule has 0 aromatic heterocycles. The summed E-state index contributed by atoms with van der Waals surface area (Å²) in [6.07, 6.45) is 0. The lowest BCUT2D eigenvalue weighted by Gasteiger charge is -2.16. The molecule has 2 aromatic rings. The van der Waals surface area contributed by atoms with Gasteiger partial charge in [0.2, 0.25) is 0 Å². The number of nitrogens with two attached hydrogens (primary N) is 1. The first-order valence-corrected chi connectivity index (χ1v) is 7.36. The Morgan fingerprint density at radius 2 is 1.75 bits per heavy atom. The molecule has 5 nitrogen and oxygen atoms in total. The van der Waals surface area contributed by atoms with Crippen LogP contribution >= 0.6 is 0 Å². The van der Waals surface area contributed by atoms with Crippen LogP contribution in [0.2, 0.25) is 0 Å². The average molecular weight is 316 g/mol. The second kappa shape index (κ2) is 5.31. The molecule has 116 valence electrons. The normalized spacial score (nSPS) is 11.0. The summed E-state index contributed by atoms with van der Waals surface area (Å²) >= 11 is 0. The summed E-state index contributed by atoms with van der Waals surface area (Å²) in [6.45, 7) is 0. The van der Waals surface area contributed by atoms with Gasteiger partial charge in [0.15, 0.2) is 5.43 Å². The van der Waals surface area contributed by atoms with Gasteiger partial charge in [-0.1, -0.05) is 18.2 Å². The van der Waals surface area contributed by atoms with Crippen molar-refractivity contribution >= 4 is 22.3 Å². The van der Waals surface area contributed by atoms with Crippen molar-refractivity contribution in [3.05, 3.63) is 75.8 Å². The lowest BCUT2D eigenvalue weighted by atomic mass is 9.93. The van der Waals surface area contributed by atoms with Crippen LogP contribution in [0.15, 0.2) is 75.1 Å². The van der Waals surface area contributed by atoms with Crippen molar-refractivity contribution < 1.29 is 4.42 Å². The monoisotopic (exact) mass is 316 g/mol. The van der Waals surface area contributed by atoms with Crippen LogP contribution in [-0.2, 0) is 0 Å². The highest BCUT2D eigenvalue weighted by atomic mass is 16.3. The fourth-order valence-corrected chi connectivity index (χ4v) is 2.93. The minimum absolute atomic E-state index is 0.151. The first kappa shape index (κ1) is 14.1. The predicted molar refractivity (Wildman–Crippen MR) is 94.4 cm³/mol. The Balaban J connectivity index is 2.21. The molecule has 0 radical (unpaired) electrons. The molecule has 1 aliphatic carbocycles. The van der Waals surface area contributed by atoms with E-state index in [-0.39, 0.29) is 11.1 Å². The maximum atomic E-state index is 11.7. The van der Waals surface area contributed by atoms with Gasteiger partial charge in [-0.3, -0.25) is 4.79 Å². The molecule has 5 heteroatoms. The van der Waals surface area contributed by atoms with E-state index in [0.717, 1.165) is 22.1 Å². The van der Waals surface area contributed by atoms with E-state index in [1.54, 1.807) is 24.3 Å². The highest BCUT2D eigenvalue weighted by Crippen LogP contribution is 2.42. The lowest BCUT2D eigenvalue weighted by Crippen LogP contribution is -2.00. The van der Waals surface area contributed by atoms with Crippen molar-refractivity contribution in [1.29, 1.82) is 0 Å². The molecule has 0 fully saturated rings. The Hall–Kier alpha value is -3.47. The number of hydrogen-bond acceptors (Lipinski definition) is 5. The van der Waals surface area contributed by atoms with Crippen molar-refractivity contribution in [2.24, 2.45) is 5.18 Å². The Kier molecular flexibility index (Phi) is 3.13. The molecular formula is C19H12N2O3. The van der Waals surface area contributed by atoms with Gasteiger partial charge >= 0.3 is 0 Å². The summed E-state index contributed by atoms with van der Waals surface area (Å²) in [4.78, 5) is 22.5. The van der Waals surface area contributed by atoms with Crippen LogP contribution in [0.5, 0.6) is 0 Å². The maximum Gasteiger partial charge on any atom is 0.182 e. The highest BCUT2D eigenvalue weighted by Gasteiger charge is 2.18. The third-order valence-electron chi connectivity index (χ3n) is 4.01. The van der Waals surface area contributed by atoms with Gasteiger partial charge in [-0.2, -0.15) is 0 Å². The topological polar surface area (TPSA) is 85.7 Å². The van der Waals surface area contributed by atoms with Gasteiger partial charge in [0.05, 0.1) is 0 Å². The van der Waals surface area contributed by atoms with Crippen LogP contribution in [0.1, 0.15) is 0 Å². The van der Waals surface area contributed by atoms with E-state index in [4.69, 9.17) is 10.2 Å². The second-order valence-corrected chi connectivity index (χ2v) is 5.49. The van der Waals surface area contributed by atoms with Crippen LogP contribution in [0.4, 0.5) is 11.4 Å². The van der Waals surface area contributed by atoms with E-state index in [2.05, 4.69) is 5.18 Å². The molecule has 0 bridgehead atoms. The van der Waals surface area contributed by atoms with E-state index in [1.807, 2.05) is 24.3 Å². The SMILES string of the molecule is Nc1ccccc1-c1c2ccc(=O)cc-2oc2cc(N=O)ccc12. The smallest absolute Gasteiger partial charge is 0.182 e. The first-order valence-electron chi connectivity index (χ1n) is 7.36. The second-order valence-electron chi connectivity index (χ2n) is 5.49. The number of benzene rings is 3. The van der Waals surface area contributed by atoms with Gasteiger partial charge in [0.1, 0.15) is 17.0 Å². The summed E-state index contributed by atoms with van der Waals surface area (Å²) in [5.41, 5.74) is 9.85. The van der Waals surface area contributed by atoms with Gasteiger partial charge in [0, 0.05) is 39.9 Å². The zero-order valence-corrected chi connectivity index (χ0v) is 12.5. The molecule has 0 spiro atoms. The Morgan fingerprint density at radius 1 is 0.917 bits per heavy atom. The minimum atomic E-state index is -0.151. The summed E-state index contributed by atoms with van der Waals surface area (Å²) in [7, 11) is 0. The number of rotatable bonds is 2. The summed E-state index contributed by atoms with van der Waals surface area (Å²) in [6, 6.07) is 17.1. The minimum Gasteiger partial charge on any atom is -0.456 e. The molecule has 0 saturated carbocycles. The van der Waals surface area contributed by atoms with Gasteiger partial charge < -0.3 is 10.2 Å². The molecule has 24 heavy (non-hydrogen) atoms. The molecule has 2 aromatic carbocycles. The zero-order valence-electron chi connectivity index (χ0n) is 12.5. The largest absolute Gasteiger partial charge is 0.456 e. The lowest BCUT2D eigenvalue weighted by molar-refractivity contribution is 0.619. The number of nitroso groups, excluding NO2 is 1. The number of nitrogen functional groups attached to an aromatic ring is 1. The highest BCUT2D eigenvalue weighted by molar-refractivity contribution is 6.04. The number of anilines is 1. The number of nitrogens with zero attached hydrogens (tertiary/aromatic N) is 1. The third kappa shape index (κ3) is 2.14. The molecule has 2 aliphatic rings. The number of para-hydroxylation sites is 1. The molecule has 0 saturated heterocycles. The zero-order chi connectivity index (χ0) is 16.7. The van der Waals surface area contributed by atoms with E-state index in [0.29, 0.717) is 17.0 Å². The third-order valence-corrected chi connectivity index (χ3v) is 4.01. The van der Waals surface area contributed by atoms with Crippen LogP contribution in [0, 0.1) is 4.91 Å². The van der Waals surface area contributed by atoms with E-state index in [9.17, 15) is 9.70 Å². The molecular weight excluding hydrogens is 304 g/mol. The Bertz CT molecular complexity index is 1120. The van der Waals surface area contributed by atoms with E-state index in [1.165, 1.54) is 12.1 Å². The molecule has 2 N–H and O–H groups in total. The van der Waals surface area contributed by atoms with Gasteiger partial charge in [-0.15, -0.1) is 4.91 Å². The first-order chi connectivity index (χ1) is 11.7. The molecule has 0 atom stereocenters. The fraction of sp³-hybridized carbons (Fsp3) is 0. The number of fused-ring (bicyclic) bond motifs is 2. The molecule has 1 heterocycles. The number of hydrogen-bond donors (Lipinski definition) is 1. The quantitative estimate of drug-likeness (QED) is 0.334. The van der Waals surface area contributed by atoms with Crippen LogP contribution in [0.3, 0.4) is 0 Å². The van der Waals surface area contributed by atoms with Crippen LogP contribution < -0.4 is 11.2 Å². The van der Waals surface area contributed by atoms with Gasteiger partial charge in [0.25, 0.3) is 0 Å². The van der Waals surface area contributed by atoms with Crippen molar-refractivity contribution in [1.82, 2.24) is 0 Å². The van der Waals surface area contributed by atoms with Crippen LogP contribution in [0.25, 0.3) is 33.4 Å². The van der Waals surface area contributed by atoms with Crippen molar-refractivity contribution in [2.45, 2.75) is 0 Å². The fourth-order valence-electron chi connectivity index (χ4n) is 2.93.